The fourth-order valence-corrected chi connectivity index (χ4v) is 3.58. The third-order valence-corrected chi connectivity index (χ3v) is 5.34. The lowest BCUT2D eigenvalue weighted by atomic mass is 10.0. The molecule has 1 unspecified atom stereocenters. The number of hydrogen-bond donors (Lipinski definition) is 1. The first-order valence-electron chi connectivity index (χ1n) is 8.58. The van der Waals surface area contributed by atoms with Crippen molar-refractivity contribution in [1.29, 1.82) is 0 Å². The number of benzene rings is 1. The van der Waals surface area contributed by atoms with Crippen LogP contribution in [-0.4, -0.2) is 15.7 Å². The van der Waals surface area contributed by atoms with Gasteiger partial charge in [-0.05, 0) is 42.7 Å². The molecule has 1 saturated carbocycles. The van der Waals surface area contributed by atoms with Crippen LogP contribution < -0.4 is 11.1 Å². The van der Waals surface area contributed by atoms with E-state index in [2.05, 4.69) is 22.5 Å². The molecule has 1 aliphatic rings. The second-order valence-electron chi connectivity index (χ2n) is 6.60. The first-order chi connectivity index (χ1) is 12.6. The van der Waals surface area contributed by atoms with Crippen LogP contribution in [0, 0.1) is 12.8 Å². The summed E-state index contributed by atoms with van der Waals surface area (Å²) in [5.74, 6) is -0.162. The predicted molar refractivity (Wildman–Crippen MR) is 98.9 cm³/mol. The number of hydrogen-bond acceptors (Lipinski definition) is 5. The predicted octanol–water partition coefficient (Wildman–Crippen LogP) is 3.14. The minimum absolute atomic E-state index is 0.0255. The van der Waals surface area contributed by atoms with Gasteiger partial charge < -0.3 is 9.73 Å². The number of nitrogens with one attached hydrogen (secondary N) is 1. The number of nitrogens with zero attached hydrogens (tertiary/aromatic N) is 2. The Morgan fingerprint density at radius 3 is 2.77 bits per heavy atom. The molecule has 0 bridgehead atoms. The Kier molecular flexibility index (Phi) is 4.46. The van der Waals surface area contributed by atoms with Crippen molar-refractivity contribution in [3.8, 4) is 10.8 Å². The molecule has 0 spiro atoms. The van der Waals surface area contributed by atoms with Crippen molar-refractivity contribution in [2.75, 3.05) is 0 Å². The molecule has 0 aliphatic heterocycles. The minimum atomic E-state index is -0.623. The summed E-state index contributed by atoms with van der Waals surface area (Å²) in [5, 5.41) is 9.07. The van der Waals surface area contributed by atoms with Crippen molar-refractivity contribution in [2.24, 2.45) is 5.92 Å². The molecular formula is C19H19N3O3S. The minimum Gasteiger partial charge on any atom is -0.387 e. The van der Waals surface area contributed by atoms with Crippen LogP contribution in [0.2, 0.25) is 0 Å². The highest BCUT2D eigenvalue weighted by molar-refractivity contribution is 7.13. The lowest BCUT2D eigenvalue weighted by Crippen LogP contribution is -2.35. The average Bonchev–Trinajstić information content (AvgIpc) is 3.18. The molecule has 1 N–H and O–H groups in total. The monoisotopic (exact) mass is 369 g/mol. The molecule has 26 heavy (non-hydrogen) atoms. The van der Waals surface area contributed by atoms with E-state index < -0.39 is 5.76 Å². The van der Waals surface area contributed by atoms with Crippen molar-refractivity contribution < 1.29 is 9.21 Å². The van der Waals surface area contributed by atoms with Gasteiger partial charge >= 0.3 is 5.76 Å². The van der Waals surface area contributed by atoms with Crippen molar-refractivity contribution in [3.05, 3.63) is 63.5 Å². The van der Waals surface area contributed by atoms with Crippen LogP contribution in [0.5, 0.6) is 0 Å². The molecule has 0 radical (unpaired) electrons. The Bertz CT molecular complexity index is 953. The Hall–Kier alpha value is -2.67. The highest BCUT2D eigenvalue weighted by atomic mass is 32.1. The number of carbonyl (C=O) groups excluding carboxylic acids is 1. The van der Waals surface area contributed by atoms with Gasteiger partial charge in [0.25, 0.3) is 5.89 Å². The first-order valence-corrected chi connectivity index (χ1v) is 9.46. The molecule has 3 aromatic rings. The zero-order chi connectivity index (χ0) is 18.1. The third-order valence-electron chi connectivity index (χ3n) is 4.48. The Morgan fingerprint density at radius 1 is 1.35 bits per heavy atom. The second kappa shape index (κ2) is 6.92. The van der Waals surface area contributed by atoms with Crippen LogP contribution in [0.1, 0.15) is 30.0 Å². The van der Waals surface area contributed by atoms with E-state index in [1.807, 2.05) is 36.6 Å². The van der Waals surface area contributed by atoms with Gasteiger partial charge in [0.1, 0.15) is 6.54 Å². The topological polar surface area (TPSA) is 77.1 Å². The van der Waals surface area contributed by atoms with Crippen molar-refractivity contribution in [2.45, 2.75) is 32.4 Å². The summed E-state index contributed by atoms with van der Waals surface area (Å²) in [4.78, 5) is 25.2. The van der Waals surface area contributed by atoms with Crippen molar-refractivity contribution in [1.82, 2.24) is 15.1 Å². The molecular weight excluding hydrogens is 350 g/mol. The molecule has 1 fully saturated rings. The van der Waals surface area contributed by atoms with E-state index in [4.69, 9.17) is 4.42 Å². The molecule has 2 aromatic heterocycles. The number of thiophene rings is 1. The number of amides is 1. The van der Waals surface area contributed by atoms with Crippen LogP contribution in [0.25, 0.3) is 10.8 Å². The maximum Gasteiger partial charge on any atom is 0.437 e. The summed E-state index contributed by atoms with van der Waals surface area (Å²) in [6.07, 6.45) is 2.20. The lowest BCUT2D eigenvalue weighted by Gasteiger charge is -2.19. The molecule has 0 saturated heterocycles. The summed E-state index contributed by atoms with van der Waals surface area (Å²) >= 11 is 1.43. The third kappa shape index (κ3) is 3.62. The highest BCUT2D eigenvalue weighted by Gasteiger charge is 2.33. The summed E-state index contributed by atoms with van der Waals surface area (Å²) in [6.45, 7) is 1.89. The molecule has 7 heteroatoms. The standard InChI is InChI=1S/C19H19N3O3S/c1-12-4-6-13(7-5-12)17(14-8-9-14)20-16(23)11-22-19(24)25-18(21-22)15-3-2-10-26-15/h2-7,10,14,17H,8-9,11H2,1H3,(H,20,23). The van der Waals surface area contributed by atoms with E-state index in [9.17, 15) is 9.59 Å². The maximum atomic E-state index is 12.5. The van der Waals surface area contributed by atoms with E-state index in [-0.39, 0.29) is 24.4 Å². The van der Waals surface area contributed by atoms with Gasteiger partial charge in [-0.2, -0.15) is 4.68 Å². The molecule has 1 amide bonds. The van der Waals surface area contributed by atoms with E-state index >= 15 is 0 Å². The molecule has 6 nitrogen and oxygen atoms in total. The van der Waals surface area contributed by atoms with Crippen LogP contribution in [0.15, 0.2) is 51.0 Å². The maximum absolute atomic E-state index is 12.5. The van der Waals surface area contributed by atoms with Gasteiger partial charge in [0, 0.05) is 0 Å². The smallest absolute Gasteiger partial charge is 0.387 e. The van der Waals surface area contributed by atoms with Crippen LogP contribution in [-0.2, 0) is 11.3 Å². The van der Waals surface area contributed by atoms with Crippen molar-refractivity contribution >= 4 is 17.2 Å². The van der Waals surface area contributed by atoms with Crippen molar-refractivity contribution in [3.63, 3.8) is 0 Å². The molecule has 2 heterocycles. The number of aromatic nitrogens is 2. The van der Waals surface area contributed by atoms with Gasteiger partial charge in [0.2, 0.25) is 5.91 Å². The van der Waals surface area contributed by atoms with Gasteiger partial charge in [0.15, 0.2) is 0 Å². The molecule has 1 atom stereocenters. The Labute approximate surface area is 154 Å². The van der Waals surface area contributed by atoms with E-state index in [0.717, 1.165) is 28.0 Å². The van der Waals surface area contributed by atoms with Gasteiger partial charge in [-0.3, -0.25) is 4.79 Å². The lowest BCUT2D eigenvalue weighted by molar-refractivity contribution is -0.122. The van der Waals surface area contributed by atoms with E-state index in [1.165, 1.54) is 16.9 Å². The molecule has 1 aliphatic carbocycles. The summed E-state index contributed by atoms with van der Waals surface area (Å²) in [5.41, 5.74) is 2.28. The molecule has 1 aromatic carbocycles. The largest absolute Gasteiger partial charge is 0.437 e. The molecule has 4 rings (SSSR count). The van der Waals surface area contributed by atoms with Gasteiger partial charge in [-0.1, -0.05) is 35.9 Å². The highest BCUT2D eigenvalue weighted by Crippen LogP contribution is 2.41. The van der Waals surface area contributed by atoms with Crippen LogP contribution >= 0.6 is 11.3 Å². The second-order valence-corrected chi connectivity index (χ2v) is 7.55. The first kappa shape index (κ1) is 16.8. The van der Waals surface area contributed by atoms with E-state index in [0.29, 0.717) is 5.92 Å². The van der Waals surface area contributed by atoms with Crippen LogP contribution in [0.4, 0.5) is 0 Å². The van der Waals surface area contributed by atoms with Gasteiger partial charge in [0.05, 0.1) is 10.9 Å². The summed E-state index contributed by atoms with van der Waals surface area (Å²) < 4.78 is 6.22. The Morgan fingerprint density at radius 2 is 2.12 bits per heavy atom. The normalized spacial score (nSPS) is 15.0. The van der Waals surface area contributed by atoms with Gasteiger partial charge in [-0.15, -0.1) is 16.4 Å². The van der Waals surface area contributed by atoms with E-state index in [1.54, 1.807) is 0 Å². The number of carbonyl (C=O) groups is 1. The summed E-state index contributed by atoms with van der Waals surface area (Å²) in [7, 11) is 0. The Balaban J connectivity index is 1.47. The molecule has 134 valence electrons. The van der Waals surface area contributed by atoms with Gasteiger partial charge in [-0.25, -0.2) is 4.79 Å². The average molecular weight is 369 g/mol. The quantitative estimate of drug-likeness (QED) is 0.724. The SMILES string of the molecule is Cc1ccc(C(NC(=O)Cn2nc(-c3cccs3)oc2=O)C2CC2)cc1. The fraction of sp³-hybridized carbons (Fsp3) is 0.316. The number of aryl methyl sites for hydroxylation is 1. The van der Waals surface area contributed by atoms with Crippen LogP contribution in [0.3, 0.4) is 0 Å². The zero-order valence-electron chi connectivity index (χ0n) is 14.3. The number of rotatable bonds is 6. The fourth-order valence-electron chi connectivity index (χ4n) is 2.94. The summed E-state index contributed by atoms with van der Waals surface area (Å²) in [6, 6.07) is 11.8. The zero-order valence-corrected chi connectivity index (χ0v) is 15.2.